The lowest BCUT2D eigenvalue weighted by Crippen LogP contribution is -2.12. The quantitative estimate of drug-likeness (QED) is 0.798. The van der Waals surface area contributed by atoms with Gasteiger partial charge in [0.1, 0.15) is 5.75 Å². The minimum Gasteiger partial charge on any atom is -0.506 e. The van der Waals surface area contributed by atoms with Gasteiger partial charge in [-0.05, 0) is 48.9 Å². The fourth-order valence-corrected chi connectivity index (χ4v) is 2.44. The summed E-state index contributed by atoms with van der Waals surface area (Å²) in [5.74, 6) is -0.246. The molecule has 0 saturated carbocycles. The van der Waals surface area contributed by atoms with Gasteiger partial charge in [-0.25, -0.2) is 0 Å². The zero-order valence-corrected chi connectivity index (χ0v) is 12.4. The largest absolute Gasteiger partial charge is 0.506 e. The van der Waals surface area contributed by atoms with Crippen molar-refractivity contribution in [3.05, 3.63) is 57.0 Å². The molecule has 0 aliphatic rings. The van der Waals surface area contributed by atoms with Gasteiger partial charge in [-0.3, -0.25) is 4.79 Å². The molecule has 0 aliphatic carbocycles. The maximum absolute atomic E-state index is 12.1. The van der Waals surface area contributed by atoms with Crippen LogP contribution in [0.4, 0.5) is 5.69 Å². The molecule has 3 nitrogen and oxygen atoms in total. The first-order chi connectivity index (χ1) is 8.95. The van der Waals surface area contributed by atoms with Crippen LogP contribution in [-0.4, -0.2) is 11.0 Å². The van der Waals surface area contributed by atoms with Crippen LogP contribution in [0.3, 0.4) is 0 Å². The maximum Gasteiger partial charge on any atom is 0.255 e. The molecule has 0 atom stereocenters. The Morgan fingerprint density at radius 2 is 2.00 bits per heavy atom. The van der Waals surface area contributed by atoms with Crippen LogP contribution in [0.2, 0.25) is 5.02 Å². The van der Waals surface area contributed by atoms with Crippen molar-refractivity contribution in [2.75, 3.05) is 5.32 Å². The van der Waals surface area contributed by atoms with Gasteiger partial charge in [-0.15, -0.1) is 0 Å². The number of nitrogens with one attached hydrogen (secondary N) is 1. The van der Waals surface area contributed by atoms with E-state index in [1.807, 2.05) is 13.0 Å². The van der Waals surface area contributed by atoms with E-state index in [1.165, 1.54) is 12.1 Å². The molecule has 0 radical (unpaired) electrons. The number of amides is 1. The number of rotatable bonds is 2. The Labute approximate surface area is 124 Å². The van der Waals surface area contributed by atoms with Crippen LogP contribution < -0.4 is 5.32 Å². The SMILES string of the molecule is Cc1cc(Br)cc(C(=O)Nc2ccc(O)c(Cl)c2)c1. The number of hydrogen-bond acceptors (Lipinski definition) is 2. The Morgan fingerprint density at radius 1 is 1.26 bits per heavy atom. The number of hydrogen-bond donors (Lipinski definition) is 2. The summed E-state index contributed by atoms with van der Waals surface area (Å²) in [5.41, 5.74) is 2.07. The van der Waals surface area contributed by atoms with Gasteiger partial charge in [0.05, 0.1) is 5.02 Å². The molecular formula is C14H11BrClNO2. The van der Waals surface area contributed by atoms with E-state index >= 15 is 0 Å². The number of carbonyl (C=O) groups excluding carboxylic acids is 1. The van der Waals surface area contributed by atoms with E-state index in [0.29, 0.717) is 11.3 Å². The van der Waals surface area contributed by atoms with Crippen LogP contribution in [0, 0.1) is 6.92 Å². The molecule has 5 heteroatoms. The van der Waals surface area contributed by atoms with E-state index in [9.17, 15) is 9.90 Å². The van der Waals surface area contributed by atoms with Crippen molar-refractivity contribution in [2.45, 2.75) is 6.92 Å². The predicted octanol–water partition coefficient (Wildman–Crippen LogP) is 4.37. The monoisotopic (exact) mass is 339 g/mol. The average molecular weight is 341 g/mol. The third-order valence-electron chi connectivity index (χ3n) is 2.51. The number of benzene rings is 2. The normalized spacial score (nSPS) is 10.3. The van der Waals surface area contributed by atoms with E-state index < -0.39 is 0 Å². The summed E-state index contributed by atoms with van der Waals surface area (Å²) in [6.07, 6.45) is 0. The van der Waals surface area contributed by atoms with Crippen LogP contribution >= 0.6 is 27.5 Å². The van der Waals surface area contributed by atoms with Gasteiger partial charge in [0.15, 0.2) is 0 Å². The van der Waals surface area contributed by atoms with Gasteiger partial charge >= 0.3 is 0 Å². The van der Waals surface area contributed by atoms with Crippen LogP contribution in [0.15, 0.2) is 40.9 Å². The highest BCUT2D eigenvalue weighted by atomic mass is 79.9. The third-order valence-corrected chi connectivity index (χ3v) is 3.27. The summed E-state index contributed by atoms with van der Waals surface area (Å²) in [5, 5.41) is 12.2. The Balaban J connectivity index is 2.22. The van der Waals surface area contributed by atoms with E-state index in [0.717, 1.165) is 10.0 Å². The molecule has 1 amide bonds. The Kier molecular flexibility index (Phi) is 4.12. The fourth-order valence-electron chi connectivity index (χ4n) is 1.66. The molecule has 19 heavy (non-hydrogen) atoms. The topological polar surface area (TPSA) is 49.3 Å². The summed E-state index contributed by atoms with van der Waals surface area (Å²) < 4.78 is 0.849. The molecule has 2 N–H and O–H groups in total. The van der Waals surface area contributed by atoms with Crippen LogP contribution in [0.25, 0.3) is 0 Å². The number of anilines is 1. The first kappa shape index (κ1) is 13.9. The van der Waals surface area contributed by atoms with E-state index in [1.54, 1.807) is 18.2 Å². The molecule has 0 bridgehead atoms. The lowest BCUT2D eigenvalue weighted by Gasteiger charge is -2.07. The molecular weight excluding hydrogens is 330 g/mol. The van der Waals surface area contributed by atoms with Crippen molar-refractivity contribution in [3.63, 3.8) is 0 Å². The van der Waals surface area contributed by atoms with Gasteiger partial charge in [-0.2, -0.15) is 0 Å². The highest BCUT2D eigenvalue weighted by Gasteiger charge is 2.08. The smallest absolute Gasteiger partial charge is 0.255 e. The third kappa shape index (κ3) is 3.49. The maximum atomic E-state index is 12.1. The zero-order chi connectivity index (χ0) is 14.0. The van der Waals surface area contributed by atoms with Crippen LogP contribution in [-0.2, 0) is 0 Å². The molecule has 0 fully saturated rings. The summed E-state index contributed by atoms with van der Waals surface area (Å²) >= 11 is 9.14. The second-order valence-corrected chi connectivity index (χ2v) is 5.46. The van der Waals surface area contributed by atoms with Gasteiger partial charge in [0.2, 0.25) is 0 Å². The van der Waals surface area contributed by atoms with Crippen molar-refractivity contribution in [1.82, 2.24) is 0 Å². The summed E-state index contributed by atoms with van der Waals surface area (Å²) in [6, 6.07) is 9.98. The van der Waals surface area contributed by atoms with Crippen molar-refractivity contribution in [1.29, 1.82) is 0 Å². The second-order valence-electron chi connectivity index (χ2n) is 4.14. The summed E-state index contributed by atoms with van der Waals surface area (Å²) in [4.78, 5) is 12.1. The minimum atomic E-state index is -0.230. The molecule has 98 valence electrons. The van der Waals surface area contributed by atoms with Gasteiger partial charge in [0, 0.05) is 15.7 Å². The zero-order valence-electron chi connectivity index (χ0n) is 10.1. The number of halogens is 2. The number of carbonyl (C=O) groups is 1. The number of phenols is 1. The van der Waals surface area contributed by atoms with E-state index in [2.05, 4.69) is 21.2 Å². The molecule has 0 aromatic heterocycles. The predicted molar refractivity (Wildman–Crippen MR) is 79.9 cm³/mol. The second kappa shape index (κ2) is 5.63. The van der Waals surface area contributed by atoms with E-state index in [4.69, 9.17) is 11.6 Å². The number of phenolic OH excluding ortho intramolecular Hbond substituents is 1. The standard InChI is InChI=1S/C14H11BrClNO2/c1-8-4-9(6-10(15)5-8)14(19)17-11-2-3-13(18)12(16)7-11/h2-7,18H,1H3,(H,17,19). The Morgan fingerprint density at radius 3 is 2.63 bits per heavy atom. The number of aromatic hydroxyl groups is 1. The highest BCUT2D eigenvalue weighted by Crippen LogP contribution is 2.26. The van der Waals surface area contributed by atoms with Gasteiger partial charge in [-0.1, -0.05) is 27.5 Å². The molecule has 0 heterocycles. The molecule has 0 aliphatic heterocycles. The Bertz CT molecular complexity index is 623. The van der Waals surface area contributed by atoms with Crippen LogP contribution in [0.5, 0.6) is 5.75 Å². The summed E-state index contributed by atoms with van der Waals surface area (Å²) in [6.45, 7) is 1.92. The van der Waals surface area contributed by atoms with Crippen molar-refractivity contribution in [2.24, 2.45) is 0 Å². The lowest BCUT2D eigenvalue weighted by molar-refractivity contribution is 0.102. The average Bonchev–Trinajstić information content (AvgIpc) is 2.32. The van der Waals surface area contributed by atoms with E-state index in [-0.39, 0.29) is 16.7 Å². The highest BCUT2D eigenvalue weighted by molar-refractivity contribution is 9.10. The molecule has 2 aromatic rings. The van der Waals surface area contributed by atoms with Crippen molar-refractivity contribution < 1.29 is 9.90 Å². The van der Waals surface area contributed by atoms with Crippen molar-refractivity contribution >= 4 is 39.1 Å². The van der Waals surface area contributed by atoms with Gasteiger partial charge < -0.3 is 10.4 Å². The molecule has 0 saturated heterocycles. The molecule has 2 rings (SSSR count). The van der Waals surface area contributed by atoms with Crippen LogP contribution in [0.1, 0.15) is 15.9 Å². The first-order valence-corrected chi connectivity index (χ1v) is 6.70. The fraction of sp³-hybridized carbons (Fsp3) is 0.0714. The first-order valence-electron chi connectivity index (χ1n) is 5.53. The summed E-state index contributed by atoms with van der Waals surface area (Å²) in [7, 11) is 0. The van der Waals surface area contributed by atoms with Gasteiger partial charge in [0.25, 0.3) is 5.91 Å². The Hall–Kier alpha value is -1.52. The minimum absolute atomic E-state index is 0.0158. The molecule has 0 unspecified atom stereocenters. The van der Waals surface area contributed by atoms with Crippen molar-refractivity contribution in [3.8, 4) is 5.75 Å². The molecule has 0 spiro atoms. The number of aryl methyl sites for hydroxylation is 1. The lowest BCUT2D eigenvalue weighted by atomic mass is 10.1. The molecule has 2 aromatic carbocycles.